The highest BCUT2D eigenvalue weighted by Gasteiger charge is 2.28. The molecule has 0 radical (unpaired) electrons. The summed E-state index contributed by atoms with van der Waals surface area (Å²) in [5, 5.41) is 7.55. The van der Waals surface area contributed by atoms with Crippen molar-refractivity contribution < 1.29 is 17.7 Å². The second kappa shape index (κ2) is 9.95. The lowest BCUT2D eigenvalue weighted by Gasteiger charge is -2.35. The van der Waals surface area contributed by atoms with Gasteiger partial charge < -0.3 is 19.5 Å². The van der Waals surface area contributed by atoms with Crippen molar-refractivity contribution in [2.45, 2.75) is 5.75 Å². The number of rotatable bonds is 7. The maximum atomic E-state index is 12.5. The van der Waals surface area contributed by atoms with Crippen molar-refractivity contribution in [3.05, 3.63) is 47.3 Å². The van der Waals surface area contributed by atoms with E-state index in [-0.39, 0.29) is 5.75 Å². The van der Waals surface area contributed by atoms with E-state index in [1.807, 2.05) is 17.0 Å². The summed E-state index contributed by atoms with van der Waals surface area (Å²) in [4.78, 5) is 6.31. The van der Waals surface area contributed by atoms with Crippen LogP contribution in [0.25, 0.3) is 0 Å². The average Bonchev–Trinajstić information content (AvgIpc) is 3.21. The van der Waals surface area contributed by atoms with Gasteiger partial charge in [-0.25, -0.2) is 8.42 Å². The van der Waals surface area contributed by atoms with E-state index in [2.05, 4.69) is 15.5 Å². The Kier molecular flexibility index (Phi) is 7.34. The molecular weight excluding hydrogens is 418 g/mol. The third-order valence-electron chi connectivity index (χ3n) is 4.41. The minimum absolute atomic E-state index is 0.155. The number of sulfonamides is 1. The zero-order valence-corrected chi connectivity index (χ0v) is 17.7. The number of guanidine groups is 1. The molecule has 3 rings (SSSR count). The second-order valence-corrected chi connectivity index (χ2v) is 8.82. The molecule has 158 valence electrons. The van der Waals surface area contributed by atoms with Gasteiger partial charge >= 0.3 is 0 Å². The van der Waals surface area contributed by atoms with E-state index in [1.54, 1.807) is 25.2 Å². The van der Waals surface area contributed by atoms with Gasteiger partial charge in [0, 0.05) is 44.3 Å². The number of hydrogen-bond donors (Lipinski definition) is 1. The summed E-state index contributed by atoms with van der Waals surface area (Å²) in [5.74, 6) is 1.27. The molecule has 1 aliphatic rings. The fourth-order valence-electron chi connectivity index (χ4n) is 2.99. The summed E-state index contributed by atoms with van der Waals surface area (Å²) >= 11 is 5.94. The summed E-state index contributed by atoms with van der Waals surface area (Å²) in [6.45, 7) is 2.88. The molecule has 9 nitrogen and oxygen atoms in total. The van der Waals surface area contributed by atoms with Gasteiger partial charge in [-0.2, -0.15) is 4.31 Å². The Bertz CT molecular complexity index is 912. The molecule has 0 bridgehead atoms. The van der Waals surface area contributed by atoms with Crippen molar-refractivity contribution in [1.82, 2.24) is 19.7 Å². The molecule has 0 unspecified atom stereocenters. The van der Waals surface area contributed by atoms with Crippen LogP contribution in [0.15, 0.2) is 46.1 Å². The van der Waals surface area contributed by atoms with Crippen molar-refractivity contribution in [2.75, 3.05) is 46.4 Å². The van der Waals surface area contributed by atoms with Crippen LogP contribution in [0.2, 0.25) is 5.02 Å². The third kappa shape index (κ3) is 6.09. The number of aliphatic imine (C=N–C) groups is 1. The first-order chi connectivity index (χ1) is 14.0. The molecule has 0 aliphatic carbocycles. The van der Waals surface area contributed by atoms with Gasteiger partial charge in [0.25, 0.3) is 0 Å². The SMILES string of the molecule is CN=C(NCCOc1cccc(Cl)c1)N1CCN(S(=O)(=O)Cc2ccon2)CC1. The Balaban J connectivity index is 1.43. The van der Waals surface area contributed by atoms with Crippen LogP contribution in [0.1, 0.15) is 5.69 Å². The highest BCUT2D eigenvalue weighted by molar-refractivity contribution is 7.88. The van der Waals surface area contributed by atoms with Crippen molar-refractivity contribution in [3.8, 4) is 5.75 Å². The summed E-state index contributed by atoms with van der Waals surface area (Å²) in [6.07, 6.45) is 1.37. The standard InChI is InChI=1S/C18H24ClN5O4S/c1-20-18(21-6-12-27-17-4-2-3-15(19)13-17)23-7-9-24(10-8-23)29(25,26)14-16-5-11-28-22-16/h2-5,11,13H,6-10,12,14H2,1H3,(H,20,21). The van der Waals surface area contributed by atoms with Crippen LogP contribution in [0, 0.1) is 0 Å². The molecule has 0 spiro atoms. The van der Waals surface area contributed by atoms with E-state index in [9.17, 15) is 8.42 Å². The zero-order valence-electron chi connectivity index (χ0n) is 16.1. The number of aromatic nitrogens is 1. The number of ether oxygens (including phenoxy) is 1. The molecule has 0 amide bonds. The zero-order chi connectivity index (χ0) is 20.7. The summed E-state index contributed by atoms with van der Waals surface area (Å²) in [6, 6.07) is 8.79. The van der Waals surface area contributed by atoms with E-state index in [0.717, 1.165) is 0 Å². The summed E-state index contributed by atoms with van der Waals surface area (Å²) in [5.41, 5.74) is 0.407. The van der Waals surface area contributed by atoms with Crippen LogP contribution in [0.4, 0.5) is 0 Å². The maximum absolute atomic E-state index is 12.5. The number of piperazine rings is 1. The predicted molar refractivity (Wildman–Crippen MR) is 111 cm³/mol. The number of nitrogens with zero attached hydrogens (tertiary/aromatic N) is 4. The number of benzene rings is 1. The quantitative estimate of drug-likeness (QED) is 0.394. The van der Waals surface area contributed by atoms with Gasteiger partial charge in [-0.05, 0) is 18.2 Å². The largest absolute Gasteiger partial charge is 0.492 e. The molecule has 1 N–H and O–H groups in total. The summed E-state index contributed by atoms with van der Waals surface area (Å²) < 4.78 is 36.9. The minimum atomic E-state index is -3.42. The van der Waals surface area contributed by atoms with Crippen LogP contribution in [0.3, 0.4) is 0 Å². The first-order valence-corrected chi connectivity index (χ1v) is 11.2. The first-order valence-electron chi connectivity index (χ1n) is 9.19. The molecule has 2 heterocycles. The molecule has 0 saturated carbocycles. The van der Waals surface area contributed by atoms with Crippen LogP contribution >= 0.6 is 11.6 Å². The van der Waals surface area contributed by atoms with Crippen LogP contribution in [0.5, 0.6) is 5.75 Å². The fraction of sp³-hybridized carbons (Fsp3) is 0.444. The fourth-order valence-corrected chi connectivity index (χ4v) is 4.59. The Morgan fingerprint density at radius 1 is 1.31 bits per heavy atom. The molecule has 29 heavy (non-hydrogen) atoms. The smallest absolute Gasteiger partial charge is 0.220 e. The number of hydrogen-bond acceptors (Lipinski definition) is 6. The topological polar surface area (TPSA) is 100 Å². The lowest BCUT2D eigenvalue weighted by Crippen LogP contribution is -2.54. The lowest BCUT2D eigenvalue weighted by atomic mass is 10.3. The predicted octanol–water partition coefficient (Wildman–Crippen LogP) is 1.43. The molecule has 0 atom stereocenters. The highest BCUT2D eigenvalue weighted by atomic mass is 35.5. The molecular formula is C18H24ClN5O4S. The third-order valence-corrected chi connectivity index (χ3v) is 6.46. The first kappa shape index (κ1) is 21.4. The minimum Gasteiger partial charge on any atom is -0.492 e. The van der Waals surface area contributed by atoms with Gasteiger partial charge in [-0.3, -0.25) is 4.99 Å². The molecule has 1 aliphatic heterocycles. The van der Waals surface area contributed by atoms with Gasteiger partial charge in [0.15, 0.2) is 5.96 Å². The van der Waals surface area contributed by atoms with Gasteiger partial charge in [-0.1, -0.05) is 22.8 Å². The number of halogens is 1. The van der Waals surface area contributed by atoms with Crippen LogP contribution < -0.4 is 10.1 Å². The Morgan fingerprint density at radius 2 is 2.10 bits per heavy atom. The van der Waals surface area contributed by atoms with Gasteiger partial charge in [-0.15, -0.1) is 0 Å². The number of nitrogens with one attached hydrogen (secondary N) is 1. The normalized spacial score (nSPS) is 16.1. The lowest BCUT2D eigenvalue weighted by molar-refractivity contribution is 0.257. The van der Waals surface area contributed by atoms with Gasteiger partial charge in [0.1, 0.15) is 24.4 Å². The highest BCUT2D eigenvalue weighted by Crippen LogP contribution is 2.17. The van der Waals surface area contributed by atoms with Crippen LogP contribution in [-0.2, 0) is 15.8 Å². The van der Waals surface area contributed by atoms with E-state index in [1.165, 1.54) is 10.6 Å². The molecule has 1 aromatic heterocycles. The van der Waals surface area contributed by atoms with Gasteiger partial charge in [0.05, 0.1) is 12.2 Å². The van der Waals surface area contributed by atoms with E-state index < -0.39 is 10.0 Å². The molecule has 11 heteroatoms. The Hall–Kier alpha value is -2.30. The van der Waals surface area contributed by atoms with Crippen molar-refractivity contribution in [3.63, 3.8) is 0 Å². The average molecular weight is 442 g/mol. The van der Waals surface area contributed by atoms with E-state index >= 15 is 0 Å². The van der Waals surface area contributed by atoms with Crippen molar-refractivity contribution >= 4 is 27.6 Å². The second-order valence-electron chi connectivity index (χ2n) is 6.41. The van der Waals surface area contributed by atoms with Crippen LogP contribution in [-0.4, -0.2) is 75.1 Å². The molecule has 1 fully saturated rings. The molecule has 1 aromatic carbocycles. The summed E-state index contributed by atoms with van der Waals surface area (Å²) in [7, 11) is -1.72. The molecule has 1 saturated heterocycles. The monoisotopic (exact) mass is 441 g/mol. The Morgan fingerprint density at radius 3 is 2.76 bits per heavy atom. The van der Waals surface area contributed by atoms with E-state index in [4.69, 9.17) is 20.9 Å². The van der Waals surface area contributed by atoms with Crippen molar-refractivity contribution in [1.29, 1.82) is 0 Å². The van der Waals surface area contributed by atoms with E-state index in [0.29, 0.717) is 61.8 Å². The van der Waals surface area contributed by atoms with Gasteiger partial charge in [0.2, 0.25) is 10.0 Å². The molecule has 2 aromatic rings. The maximum Gasteiger partial charge on any atom is 0.220 e. The van der Waals surface area contributed by atoms with Crippen molar-refractivity contribution in [2.24, 2.45) is 4.99 Å². The Labute approximate surface area is 175 Å².